The molecule has 42 heavy (non-hydrogen) atoms. The maximum Gasteiger partial charge on any atom is 0.410 e. The van der Waals surface area contributed by atoms with E-state index >= 15 is 0 Å². The van der Waals surface area contributed by atoms with Crippen LogP contribution in [0.2, 0.25) is 0 Å². The van der Waals surface area contributed by atoms with E-state index in [1.165, 1.54) is 11.6 Å². The zero-order chi connectivity index (χ0) is 30.1. The quantitative estimate of drug-likeness (QED) is 0.332. The minimum Gasteiger partial charge on any atom is -0.489 e. The summed E-state index contributed by atoms with van der Waals surface area (Å²) >= 11 is 0. The lowest BCUT2D eigenvalue weighted by atomic mass is 9.69. The number of halogens is 1. The SMILES string of the molecule is CC(C)=CCC[C@@]1(C)Oc2cc(OCc3ccccc3F)ccc2[C@H]2OC[C@@]3(C[C@@H]21)CN(C(=O)OC(C)(C)C)CCO3. The molecule has 2 aromatic rings. The Labute approximate surface area is 248 Å². The summed E-state index contributed by atoms with van der Waals surface area (Å²) < 4.78 is 45.7. The van der Waals surface area contributed by atoms with E-state index in [1.54, 1.807) is 23.1 Å². The fraction of sp³-hybridized carbons (Fsp3) is 0.559. The van der Waals surface area contributed by atoms with Gasteiger partial charge in [0.15, 0.2) is 0 Å². The van der Waals surface area contributed by atoms with Crippen molar-refractivity contribution >= 4 is 6.09 Å². The summed E-state index contributed by atoms with van der Waals surface area (Å²) in [6, 6.07) is 12.4. The Hall–Kier alpha value is -3.10. The summed E-state index contributed by atoms with van der Waals surface area (Å²) in [6.45, 7) is 13.8. The van der Waals surface area contributed by atoms with Gasteiger partial charge in [0.25, 0.3) is 0 Å². The summed E-state index contributed by atoms with van der Waals surface area (Å²) in [5.74, 6) is 1.03. The van der Waals surface area contributed by atoms with Crippen LogP contribution in [-0.4, -0.2) is 54.1 Å². The molecule has 1 amide bonds. The number of carbonyl (C=O) groups is 1. The monoisotopic (exact) mass is 581 g/mol. The van der Waals surface area contributed by atoms with Gasteiger partial charge in [-0.2, -0.15) is 0 Å². The van der Waals surface area contributed by atoms with Crippen LogP contribution < -0.4 is 9.47 Å². The number of allylic oxidation sites excluding steroid dienone is 2. The number of benzene rings is 2. The third-order valence-corrected chi connectivity index (χ3v) is 8.35. The molecule has 3 aliphatic rings. The molecule has 0 radical (unpaired) electrons. The van der Waals surface area contributed by atoms with Crippen LogP contribution in [0.4, 0.5) is 9.18 Å². The van der Waals surface area contributed by atoms with Gasteiger partial charge in [0.1, 0.15) is 40.7 Å². The average Bonchev–Trinajstić information content (AvgIpc) is 2.92. The summed E-state index contributed by atoms with van der Waals surface area (Å²) in [4.78, 5) is 14.7. The fourth-order valence-electron chi connectivity index (χ4n) is 6.22. The molecule has 7 nitrogen and oxygen atoms in total. The highest BCUT2D eigenvalue weighted by Crippen LogP contribution is 2.54. The van der Waals surface area contributed by atoms with Gasteiger partial charge in [0, 0.05) is 29.7 Å². The van der Waals surface area contributed by atoms with Crippen LogP contribution in [0.1, 0.15) is 78.0 Å². The molecule has 2 fully saturated rings. The van der Waals surface area contributed by atoms with Gasteiger partial charge in [-0.15, -0.1) is 0 Å². The summed E-state index contributed by atoms with van der Waals surface area (Å²) in [5.41, 5.74) is 0.953. The lowest BCUT2D eigenvalue weighted by molar-refractivity contribution is -0.231. The molecule has 3 aliphatic heterocycles. The highest BCUT2D eigenvalue weighted by molar-refractivity contribution is 5.68. The summed E-state index contributed by atoms with van der Waals surface area (Å²) in [6.07, 6.45) is 4.04. The first kappa shape index (κ1) is 30.4. The van der Waals surface area contributed by atoms with E-state index in [9.17, 15) is 9.18 Å². The molecule has 0 aromatic heterocycles. The Bertz CT molecular complexity index is 1320. The molecule has 0 unspecified atom stereocenters. The second kappa shape index (κ2) is 11.9. The maximum absolute atomic E-state index is 14.2. The van der Waals surface area contributed by atoms with Crippen molar-refractivity contribution in [1.29, 1.82) is 0 Å². The van der Waals surface area contributed by atoms with E-state index in [2.05, 4.69) is 26.8 Å². The van der Waals surface area contributed by atoms with Gasteiger partial charge in [-0.3, -0.25) is 0 Å². The average molecular weight is 582 g/mol. The molecule has 8 heteroatoms. The van der Waals surface area contributed by atoms with Gasteiger partial charge in [-0.1, -0.05) is 29.8 Å². The van der Waals surface area contributed by atoms with Crippen LogP contribution in [0.5, 0.6) is 11.5 Å². The number of fused-ring (bicyclic) bond motifs is 3. The third-order valence-electron chi connectivity index (χ3n) is 8.35. The molecular weight excluding hydrogens is 537 g/mol. The Balaban J connectivity index is 1.39. The first-order valence-corrected chi connectivity index (χ1v) is 14.9. The number of ether oxygens (including phenoxy) is 5. The number of nitrogens with zero attached hydrogens (tertiary/aromatic N) is 1. The third kappa shape index (κ3) is 6.76. The van der Waals surface area contributed by atoms with E-state index in [0.29, 0.717) is 44.0 Å². The molecule has 0 saturated carbocycles. The molecule has 2 aromatic carbocycles. The van der Waals surface area contributed by atoms with Gasteiger partial charge in [-0.05, 0) is 79.0 Å². The number of hydrogen-bond acceptors (Lipinski definition) is 6. The topological polar surface area (TPSA) is 66.5 Å². The van der Waals surface area contributed by atoms with Crippen LogP contribution in [0.15, 0.2) is 54.1 Å². The van der Waals surface area contributed by atoms with Gasteiger partial charge in [-0.25, -0.2) is 9.18 Å². The Morgan fingerprint density at radius 2 is 1.98 bits per heavy atom. The highest BCUT2D eigenvalue weighted by atomic mass is 19.1. The van der Waals surface area contributed by atoms with Gasteiger partial charge >= 0.3 is 6.09 Å². The molecule has 1 spiro atoms. The van der Waals surface area contributed by atoms with Crippen molar-refractivity contribution in [2.24, 2.45) is 5.92 Å². The highest BCUT2D eigenvalue weighted by Gasteiger charge is 2.56. The normalized spacial score (nSPS) is 27.0. The Kier molecular flexibility index (Phi) is 8.59. The zero-order valence-corrected chi connectivity index (χ0v) is 25.7. The first-order chi connectivity index (χ1) is 19.9. The second-order valence-electron chi connectivity index (χ2n) is 13.3. The van der Waals surface area contributed by atoms with Crippen molar-refractivity contribution in [3.8, 4) is 11.5 Å². The molecule has 4 atom stereocenters. The predicted octanol–water partition coefficient (Wildman–Crippen LogP) is 7.39. The summed E-state index contributed by atoms with van der Waals surface area (Å²) in [7, 11) is 0. The molecule has 5 rings (SSSR count). The number of amides is 1. The van der Waals surface area contributed by atoms with Crippen molar-refractivity contribution in [2.45, 2.75) is 90.3 Å². The van der Waals surface area contributed by atoms with Crippen molar-refractivity contribution in [1.82, 2.24) is 4.90 Å². The van der Waals surface area contributed by atoms with Crippen LogP contribution in [0.3, 0.4) is 0 Å². The van der Waals surface area contributed by atoms with E-state index < -0.39 is 16.8 Å². The van der Waals surface area contributed by atoms with E-state index in [-0.39, 0.29) is 30.5 Å². The molecule has 0 aliphatic carbocycles. The molecule has 0 bridgehead atoms. The largest absolute Gasteiger partial charge is 0.489 e. The van der Waals surface area contributed by atoms with Crippen LogP contribution in [0.25, 0.3) is 0 Å². The number of morpholine rings is 1. The predicted molar refractivity (Wildman–Crippen MR) is 158 cm³/mol. The standard InChI is InChI=1S/C34H44FNO6/c1-23(2)10-9-15-33(6)27-19-34(21-36(16-17-40-34)31(37)42-32(3,4)5)22-39-30(27)26-14-13-25(18-29(26)41-33)38-20-24-11-7-8-12-28(24)35/h7-8,10-14,18,27,30H,9,15-17,19-22H2,1-6H3/t27-,30+,33+,34+/m0/s1. The zero-order valence-electron chi connectivity index (χ0n) is 25.7. The smallest absolute Gasteiger partial charge is 0.410 e. The molecule has 2 saturated heterocycles. The number of hydrogen-bond donors (Lipinski definition) is 0. The molecule has 228 valence electrons. The Morgan fingerprint density at radius 1 is 1.19 bits per heavy atom. The molecule has 0 N–H and O–H groups in total. The van der Waals surface area contributed by atoms with Crippen molar-refractivity contribution < 1.29 is 32.9 Å². The van der Waals surface area contributed by atoms with Crippen molar-refractivity contribution in [3.05, 3.63) is 71.1 Å². The lowest BCUT2D eigenvalue weighted by Gasteiger charge is -2.55. The Morgan fingerprint density at radius 3 is 2.71 bits per heavy atom. The van der Waals surface area contributed by atoms with Gasteiger partial charge < -0.3 is 28.6 Å². The number of carbonyl (C=O) groups excluding carboxylic acids is 1. The van der Waals surface area contributed by atoms with Crippen LogP contribution in [-0.2, 0) is 20.8 Å². The van der Waals surface area contributed by atoms with Crippen molar-refractivity contribution in [3.63, 3.8) is 0 Å². The summed E-state index contributed by atoms with van der Waals surface area (Å²) in [5, 5.41) is 0. The molecular formula is C34H44FNO6. The van der Waals surface area contributed by atoms with E-state index in [0.717, 1.165) is 24.2 Å². The van der Waals surface area contributed by atoms with Gasteiger partial charge in [0.2, 0.25) is 0 Å². The van der Waals surface area contributed by atoms with Crippen LogP contribution in [0, 0.1) is 11.7 Å². The van der Waals surface area contributed by atoms with Gasteiger partial charge in [0.05, 0.1) is 25.9 Å². The molecule has 3 heterocycles. The maximum atomic E-state index is 14.2. The fourth-order valence-corrected chi connectivity index (χ4v) is 6.22. The lowest BCUT2D eigenvalue weighted by Crippen LogP contribution is -2.63. The number of rotatable bonds is 6. The van der Waals surface area contributed by atoms with Crippen molar-refractivity contribution in [2.75, 3.05) is 26.3 Å². The second-order valence-corrected chi connectivity index (χ2v) is 13.3. The van der Waals surface area contributed by atoms with E-state index in [1.807, 2.05) is 39.0 Å². The van der Waals surface area contributed by atoms with E-state index in [4.69, 9.17) is 23.7 Å². The first-order valence-electron chi connectivity index (χ1n) is 14.9. The van der Waals surface area contributed by atoms with Crippen LogP contribution >= 0.6 is 0 Å². The minimum atomic E-state index is -0.641. The minimum absolute atomic E-state index is 0.00641.